The number of rotatable bonds is 6. The fourth-order valence-electron chi connectivity index (χ4n) is 3.11. The maximum Gasteiger partial charge on any atom is 0.338 e. The number of benzene rings is 2. The van der Waals surface area contributed by atoms with E-state index in [-0.39, 0.29) is 29.0 Å². The molecule has 0 atom stereocenters. The molecule has 0 unspecified atom stereocenters. The number of aryl methyl sites for hydroxylation is 1. The zero-order chi connectivity index (χ0) is 22.5. The number of nitro groups is 1. The van der Waals surface area contributed by atoms with Crippen LogP contribution in [0.3, 0.4) is 0 Å². The summed E-state index contributed by atoms with van der Waals surface area (Å²) in [5.41, 5.74) is 1.17. The van der Waals surface area contributed by atoms with Gasteiger partial charge in [0, 0.05) is 17.3 Å². The van der Waals surface area contributed by atoms with E-state index >= 15 is 0 Å². The number of nitro benzene ring substituents is 1. The summed E-state index contributed by atoms with van der Waals surface area (Å²) in [5, 5.41) is 20.6. The second-order valence-corrected chi connectivity index (χ2v) is 6.55. The van der Waals surface area contributed by atoms with Crippen LogP contribution in [0.5, 0.6) is 5.75 Å². The van der Waals surface area contributed by atoms with E-state index in [4.69, 9.17) is 9.47 Å². The third-order valence-corrected chi connectivity index (χ3v) is 4.58. The van der Waals surface area contributed by atoms with Crippen LogP contribution < -0.4 is 10.3 Å². The van der Waals surface area contributed by atoms with Crippen molar-refractivity contribution in [1.29, 1.82) is 5.26 Å². The molecule has 0 spiro atoms. The lowest BCUT2D eigenvalue weighted by Gasteiger charge is -2.11. The number of nitriles is 1. The lowest BCUT2D eigenvalue weighted by molar-refractivity contribution is -0.385. The van der Waals surface area contributed by atoms with Crippen LogP contribution >= 0.6 is 0 Å². The Balaban J connectivity index is 1.89. The van der Waals surface area contributed by atoms with Crippen molar-refractivity contribution in [3.05, 3.63) is 91.4 Å². The molecule has 9 heteroatoms. The summed E-state index contributed by atoms with van der Waals surface area (Å²) >= 11 is 0. The standard InChI is InChI=1S/C22H17N3O6/c1-13-10-17(18(11-23)21(26)24-13)14-6-8-15(9-7-14)31-12-19-16(22(27)30-2)4-3-5-20(19)25(28)29/h3-10H,12H2,1-2H3,(H,24,26). The van der Waals surface area contributed by atoms with E-state index in [2.05, 4.69) is 4.98 Å². The normalized spacial score (nSPS) is 10.2. The van der Waals surface area contributed by atoms with E-state index in [1.807, 2.05) is 6.07 Å². The number of carbonyl (C=O) groups is 1. The summed E-state index contributed by atoms with van der Waals surface area (Å²) in [5.74, 6) is -0.316. The lowest BCUT2D eigenvalue weighted by Crippen LogP contribution is -2.12. The first-order chi connectivity index (χ1) is 14.8. The van der Waals surface area contributed by atoms with Gasteiger partial charge in [0.05, 0.1) is 23.2 Å². The van der Waals surface area contributed by atoms with Crippen molar-refractivity contribution in [2.24, 2.45) is 0 Å². The molecule has 31 heavy (non-hydrogen) atoms. The van der Waals surface area contributed by atoms with Crippen LogP contribution in [0.2, 0.25) is 0 Å². The van der Waals surface area contributed by atoms with Crippen molar-refractivity contribution in [3.8, 4) is 22.9 Å². The van der Waals surface area contributed by atoms with Crippen molar-refractivity contribution >= 4 is 11.7 Å². The van der Waals surface area contributed by atoms with E-state index < -0.39 is 16.5 Å². The topological polar surface area (TPSA) is 135 Å². The highest BCUT2D eigenvalue weighted by Gasteiger charge is 2.22. The predicted octanol–water partition coefficient (Wildman–Crippen LogP) is 3.50. The molecule has 0 aliphatic carbocycles. The SMILES string of the molecule is COC(=O)c1cccc([N+](=O)[O-])c1COc1ccc(-c2cc(C)[nH]c(=O)c2C#N)cc1. The fraction of sp³-hybridized carbons (Fsp3) is 0.136. The van der Waals surface area contributed by atoms with Gasteiger partial charge < -0.3 is 14.5 Å². The number of H-pyrrole nitrogens is 1. The zero-order valence-corrected chi connectivity index (χ0v) is 16.7. The van der Waals surface area contributed by atoms with E-state index in [1.165, 1.54) is 25.3 Å². The molecule has 0 aliphatic heterocycles. The minimum atomic E-state index is -0.702. The van der Waals surface area contributed by atoms with Crippen molar-refractivity contribution in [2.75, 3.05) is 7.11 Å². The third-order valence-electron chi connectivity index (χ3n) is 4.58. The summed E-state index contributed by atoms with van der Waals surface area (Å²) in [7, 11) is 1.19. The van der Waals surface area contributed by atoms with Crippen LogP contribution in [-0.2, 0) is 11.3 Å². The molecule has 9 nitrogen and oxygen atoms in total. The van der Waals surface area contributed by atoms with Crippen LogP contribution in [0, 0.1) is 28.4 Å². The maximum atomic E-state index is 12.0. The van der Waals surface area contributed by atoms with E-state index in [9.17, 15) is 25.0 Å². The van der Waals surface area contributed by atoms with Crippen LogP contribution in [0.25, 0.3) is 11.1 Å². The molecule has 0 saturated heterocycles. The van der Waals surface area contributed by atoms with E-state index in [1.54, 1.807) is 37.3 Å². The molecule has 0 aliphatic rings. The van der Waals surface area contributed by atoms with Crippen LogP contribution in [0.15, 0.2) is 53.3 Å². The van der Waals surface area contributed by atoms with Gasteiger partial charge in [0.1, 0.15) is 24.0 Å². The quantitative estimate of drug-likeness (QED) is 0.367. The minimum Gasteiger partial charge on any atom is -0.489 e. The summed E-state index contributed by atoms with van der Waals surface area (Å²) in [6, 6.07) is 14.3. The second-order valence-electron chi connectivity index (χ2n) is 6.55. The fourth-order valence-corrected chi connectivity index (χ4v) is 3.11. The van der Waals surface area contributed by atoms with Crippen molar-refractivity contribution in [3.63, 3.8) is 0 Å². The van der Waals surface area contributed by atoms with Gasteiger partial charge in [-0.05, 0) is 36.8 Å². The summed E-state index contributed by atoms with van der Waals surface area (Å²) in [4.78, 5) is 37.3. The Bertz CT molecular complexity index is 1260. The molecule has 3 rings (SSSR count). The Hall–Kier alpha value is -4.45. The average Bonchev–Trinajstić information content (AvgIpc) is 2.76. The van der Waals surface area contributed by atoms with Crippen molar-refractivity contribution in [2.45, 2.75) is 13.5 Å². The van der Waals surface area contributed by atoms with Gasteiger partial charge in [-0.1, -0.05) is 18.2 Å². The first-order valence-corrected chi connectivity index (χ1v) is 9.07. The van der Waals surface area contributed by atoms with Crippen LogP contribution in [0.1, 0.15) is 27.2 Å². The molecule has 0 fully saturated rings. The molecule has 156 valence electrons. The number of carbonyl (C=O) groups excluding carboxylic acids is 1. The molecule has 0 saturated carbocycles. The van der Waals surface area contributed by atoms with Gasteiger partial charge in [-0.15, -0.1) is 0 Å². The number of nitrogens with zero attached hydrogens (tertiary/aromatic N) is 2. The summed E-state index contributed by atoms with van der Waals surface area (Å²) in [6.07, 6.45) is 0. The van der Waals surface area contributed by atoms with Gasteiger partial charge in [-0.25, -0.2) is 4.79 Å². The van der Waals surface area contributed by atoms with Crippen LogP contribution in [-0.4, -0.2) is 23.0 Å². The Morgan fingerprint density at radius 2 is 1.94 bits per heavy atom. The van der Waals surface area contributed by atoms with Gasteiger partial charge in [0.2, 0.25) is 0 Å². The highest BCUT2D eigenvalue weighted by Crippen LogP contribution is 2.27. The maximum absolute atomic E-state index is 12.0. The molecular weight excluding hydrogens is 402 g/mol. The number of pyridine rings is 1. The van der Waals surface area contributed by atoms with Crippen LogP contribution in [0.4, 0.5) is 5.69 Å². The molecule has 0 bridgehead atoms. The Morgan fingerprint density at radius 1 is 1.23 bits per heavy atom. The molecule has 1 heterocycles. The van der Waals surface area contributed by atoms with Gasteiger partial charge in [-0.3, -0.25) is 14.9 Å². The Morgan fingerprint density at radius 3 is 2.55 bits per heavy atom. The average molecular weight is 419 g/mol. The first-order valence-electron chi connectivity index (χ1n) is 9.07. The number of ether oxygens (including phenoxy) is 2. The Labute approximate surface area is 176 Å². The van der Waals surface area contributed by atoms with E-state index in [0.29, 0.717) is 22.6 Å². The summed E-state index contributed by atoms with van der Waals surface area (Å²) < 4.78 is 10.4. The smallest absolute Gasteiger partial charge is 0.338 e. The van der Waals surface area contributed by atoms with Gasteiger partial charge in [0.15, 0.2) is 0 Å². The molecule has 1 aromatic heterocycles. The number of aromatic amines is 1. The molecule has 0 radical (unpaired) electrons. The van der Waals surface area contributed by atoms with Gasteiger partial charge >= 0.3 is 5.97 Å². The zero-order valence-electron chi connectivity index (χ0n) is 16.7. The first kappa shape index (κ1) is 21.3. The van der Waals surface area contributed by atoms with Crippen molar-refractivity contribution < 1.29 is 19.2 Å². The summed E-state index contributed by atoms with van der Waals surface area (Å²) in [6.45, 7) is 1.49. The number of methoxy groups -OCH3 is 1. The number of nitrogens with one attached hydrogen (secondary N) is 1. The lowest BCUT2D eigenvalue weighted by atomic mass is 10.0. The third kappa shape index (κ3) is 4.43. The number of hydrogen-bond donors (Lipinski definition) is 1. The largest absolute Gasteiger partial charge is 0.489 e. The van der Waals surface area contributed by atoms with E-state index in [0.717, 1.165) is 0 Å². The monoisotopic (exact) mass is 419 g/mol. The molecule has 2 aromatic carbocycles. The molecule has 1 N–H and O–H groups in total. The number of esters is 1. The predicted molar refractivity (Wildman–Crippen MR) is 111 cm³/mol. The van der Waals surface area contributed by atoms with Gasteiger partial charge in [-0.2, -0.15) is 5.26 Å². The molecule has 0 amide bonds. The van der Waals surface area contributed by atoms with Gasteiger partial charge in [0.25, 0.3) is 11.2 Å². The highest BCUT2D eigenvalue weighted by molar-refractivity contribution is 5.92. The minimum absolute atomic E-state index is 0.00176. The molecular formula is C22H17N3O6. The highest BCUT2D eigenvalue weighted by atomic mass is 16.6. The molecule has 3 aromatic rings. The second kappa shape index (κ2) is 8.92. The number of aromatic nitrogens is 1. The Kier molecular flexibility index (Phi) is 6.12. The van der Waals surface area contributed by atoms with Crippen molar-refractivity contribution in [1.82, 2.24) is 4.98 Å². The number of hydrogen-bond acceptors (Lipinski definition) is 7.